The van der Waals surface area contributed by atoms with Crippen LogP contribution in [0.15, 0.2) is 12.2 Å². The number of carboxylic acid groups (broad SMARTS) is 1. The van der Waals surface area contributed by atoms with Crippen molar-refractivity contribution >= 4 is 17.8 Å². The van der Waals surface area contributed by atoms with Gasteiger partial charge >= 0.3 is 5.97 Å². The first-order chi connectivity index (χ1) is 41.4. The molecular weight excluding hydrogens is 1120 g/mol. The number of ether oxygens (including phenoxy) is 6. The SMILES string of the molecule is CCCCCCCCCCCCCCCCCC/C=C/C(O)C(COC1OC(CO)C(OC2OC(CO)C(O)C(OC3(C(=O)O)CC(O)C(NC(C)=O)C(C(O)C(O)CO)O3)C2O)C(O)C1O)NC(=O)CCCCCCCCCCCCCCCC. The number of hydrogen-bond acceptors (Lipinski definition) is 20. The molecule has 23 nitrogen and oxygen atoms in total. The summed E-state index contributed by atoms with van der Waals surface area (Å²) in [7, 11) is 0. The molecule has 3 heterocycles. The van der Waals surface area contributed by atoms with Crippen LogP contribution in [0.25, 0.3) is 0 Å². The van der Waals surface area contributed by atoms with E-state index in [0.717, 1.165) is 51.9 Å². The molecule has 0 aromatic heterocycles. The minimum Gasteiger partial charge on any atom is -0.477 e. The maximum absolute atomic E-state index is 13.4. The number of nitrogens with one attached hydrogen (secondary N) is 2. The molecule has 3 rings (SSSR count). The molecule has 14 N–H and O–H groups in total. The summed E-state index contributed by atoms with van der Waals surface area (Å²) in [6.45, 7) is 2.13. The molecule has 0 aliphatic carbocycles. The van der Waals surface area contributed by atoms with Gasteiger partial charge in [0.2, 0.25) is 11.8 Å². The molecule has 0 spiro atoms. The predicted octanol–water partition coefficient (Wildman–Crippen LogP) is 4.73. The summed E-state index contributed by atoms with van der Waals surface area (Å²) >= 11 is 0. The highest BCUT2D eigenvalue weighted by atomic mass is 16.8. The molecule has 18 atom stereocenters. The number of amides is 2. The van der Waals surface area contributed by atoms with E-state index < -0.39 is 155 Å². The zero-order chi connectivity index (χ0) is 63.3. The molecule has 3 aliphatic rings. The second-order valence-corrected chi connectivity index (χ2v) is 24.3. The van der Waals surface area contributed by atoms with Crippen molar-refractivity contribution in [3.05, 3.63) is 12.2 Å². The Kier molecular flexibility index (Phi) is 40.5. The van der Waals surface area contributed by atoms with Crippen molar-refractivity contribution in [3.8, 4) is 0 Å². The first-order valence-corrected chi connectivity index (χ1v) is 33.1. The van der Waals surface area contributed by atoms with Crippen LogP contribution >= 0.6 is 0 Å². The van der Waals surface area contributed by atoms with E-state index in [1.807, 2.05) is 6.08 Å². The number of unbranched alkanes of at least 4 members (excludes halogenated alkanes) is 29. The van der Waals surface area contributed by atoms with Gasteiger partial charge in [-0.2, -0.15) is 0 Å². The quantitative estimate of drug-likeness (QED) is 0.0289. The van der Waals surface area contributed by atoms with Gasteiger partial charge in [0, 0.05) is 19.8 Å². The molecule has 3 aliphatic heterocycles. The fourth-order valence-electron chi connectivity index (χ4n) is 11.6. The molecule has 23 heteroatoms. The van der Waals surface area contributed by atoms with Crippen LogP contribution in [0.4, 0.5) is 0 Å². The molecule has 3 fully saturated rings. The second kappa shape index (κ2) is 44.9. The molecule has 0 bridgehead atoms. The van der Waals surface area contributed by atoms with Crippen molar-refractivity contribution < 1.29 is 104 Å². The maximum Gasteiger partial charge on any atom is 0.364 e. The lowest BCUT2D eigenvalue weighted by Crippen LogP contribution is -2.70. The lowest BCUT2D eigenvalue weighted by Gasteiger charge is -2.50. The number of aliphatic carboxylic acids is 1. The highest BCUT2D eigenvalue weighted by Crippen LogP contribution is 2.38. The highest BCUT2D eigenvalue weighted by molar-refractivity contribution is 5.77. The molecule has 0 radical (unpaired) electrons. The summed E-state index contributed by atoms with van der Waals surface area (Å²) in [5.74, 6) is -6.14. The van der Waals surface area contributed by atoms with Crippen LogP contribution < -0.4 is 10.6 Å². The largest absolute Gasteiger partial charge is 0.477 e. The molecule has 2 amide bonds. The van der Waals surface area contributed by atoms with Crippen LogP contribution in [0.1, 0.15) is 233 Å². The average molecular weight is 1240 g/mol. The first kappa shape index (κ1) is 77.7. The maximum atomic E-state index is 13.4. The lowest BCUT2D eigenvalue weighted by atomic mass is 9.88. The van der Waals surface area contributed by atoms with Crippen LogP contribution in [0, 0.1) is 0 Å². The summed E-state index contributed by atoms with van der Waals surface area (Å²) in [5.41, 5.74) is 0. The predicted molar refractivity (Wildman–Crippen MR) is 320 cm³/mol. The van der Waals surface area contributed by atoms with Crippen LogP contribution in [-0.4, -0.2) is 215 Å². The van der Waals surface area contributed by atoms with Gasteiger partial charge in [-0.1, -0.05) is 206 Å². The number of rotatable bonds is 49. The van der Waals surface area contributed by atoms with Gasteiger partial charge in [0.15, 0.2) is 12.6 Å². The van der Waals surface area contributed by atoms with Crippen molar-refractivity contribution in [3.63, 3.8) is 0 Å². The number of carbonyl (C=O) groups is 3. The fourth-order valence-corrected chi connectivity index (χ4v) is 11.6. The summed E-state index contributed by atoms with van der Waals surface area (Å²) < 4.78 is 34.7. The topological polar surface area (TPSA) is 373 Å². The Balaban J connectivity index is 1.64. The van der Waals surface area contributed by atoms with Gasteiger partial charge in [-0.3, -0.25) is 9.59 Å². The zero-order valence-corrected chi connectivity index (χ0v) is 52.2. The van der Waals surface area contributed by atoms with E-state index in [0.29, 0.717) is 12.8 Å². The fraction of sp³-hybridized carbons (Fsp3) is 0.921. The van der Waals surface area contributed by atoms with Crippen LogP contribution in [0.2, 0.25) is 0 Å². The Labute approximate surface area is 511 Å². The Hall–Kier alpha value is -2.53. The molecule has 0 aromatic rings. The van der Waals surface area contributed by atoms with Gasteiger partial charge in [-0.05, 0) is 19.3 Å². The number of carboxylic acids is 1. The monoisotopic (exact) mass is 1240 g/mol. The van der Waals surface area contributed by atoms with Crippen molar-refractivity contribution in [2.75, 3.05) is 26.4 Å². The van der Waals surface area contributed by atoms with Crippen LogP contribution in [0.3, 0.4) is 0 Å². The third kappa shape index (κ3) is 27.9. The third-order valence-corrected chi connectivity index (χ3v) is 17.0. The summed E-state index contributed by atoms with van der Waals surface area (Å²) in [6, 6.07) is -2.61. The molecular formula is C63H116N2O21. The minimum absolute atomic E-state index is 0.204. The summed E-state index contributed by atoms with van der Waals surface area (Å²) in [6.07, 6.45) is 11.2. The van der Waals surface area contributed by atoms with E-state index in [1.54, 1.807) is 6.08 Å². The molecule has 18 unspecified atom stereocenters. The van der Waals surface area contributed by atoms with Gasteiger partial charge in [-0.25, -0.2) is 4.79 Å². The number of hydrogen-bond donors (Lipinski definition) is 14. The van der Waals surface area contributed by atoms with Gasteiger partial charge in [0.1, 0.15) is 67.1 Å². The highest BCUT2D eigenvalue weighted by Gasteiger charge is 2.60. The minimum atomic E-state index is -3.08. The van der Waals surface area contributed by atoms with Crippen molar-refractivity contribution in [2.45, 2.75) is 342 Å². The van der Waals surface area contributed by atoms with E-state index in [9.17, 15) is 75.7 Å². The smallest absolute Gasteiger partial charge is 0.364 e. The Morgan fingerprint density at radius 3 is 1.55 bits per heavy atom. The van der Waals surface area contributed by atoms with E-state index in [4.69, 9.17) is 28.4 Å². The normalized spacial score (nSPS) is 29.4. The Morgan fingerprint density at radius 2 is 1.08 bits per heavy atom. The molecule has 86 heavy (non-hydrogen) atoms. The van der Waals surface area contributed by atoms with Gasteiger partial charge in [0.05, 0.1) is 50.7 Å². The molecule has 0 aromatic carbocycles. The molecule has 3 saturated heterocycles. The molecule has 504 valence electrons. The Bertz CT molecular complexity index is 1810. The third-order valence-electron chi connectivity index (χ3n) is 17.0. The Morgan fingerprint density at radius 1 is 0.605 bits per heavy atom. The van der Waals surface area contributed by atoms with Gasteiger partial charge < -0.3 is 100 Å². The van der Waals surface area contributed by atoms with Crippen molar-refractivity contribution in [2.24, 2.45) is 0 Å². The van der Waals surface area contributed by atoms with Crippen LogP contribution in [-0.2, 0) is 42.8 Å². The van der Waals surface area contributed by atoms with Gasteiger partial charge in [0.25, 0.3) is 5.79 Å². The standard InChI is InChI=1S/C63H116N2O21/c1-4-6-8-10-12-14-16-18-20-21-22-23-24-26-28-30-32-34-36-45(70)44(65-50(73)37-35-33-31-29-27-25-19-17-15-13-11-9-7-5-2)42-81-60-55(77)54(76)57(49(41-68)83-60)84-61-56(78)59(53(75)48(40-67)82-61)86-63(62(79)80)38-46(71)51(64-43(3)69)58(85-63)52(74)47(72)39-66/h34,36,44-49,51-61,66-68,70-72,74-78H,4-33,35,37-42H2,1-3H3,(H,64,69)(H,65,73)(H,79,80)/b36-34+. The average Bonchev–Trinajstić information content (AvgIpc) is 0.878. The first-order valence-electron chi connectivity index (χ1n) is 33.1. The van der Waals surface area contributed by atoms with E-state index >= 15 is 0 Å². The van der Waals surface area contributed by atoms with E-state index in [2.05, 4.69) is 24.5 Å². The van der Waals surface area contributed by atoms with Crippen molar-refractivity contribution in [1.82, 2.24) is 10.6 Å². The molecule has 0 saturated carbocycles. The van der Waals surface area contributed by atoms with E-state index in [-0.39, 0.29) is 12.3 Å². The number of allylic oxidation sites excluding steroid dienone is 1. The van der Waals surface area contributed by atoms with E-state index in [1.165, 1.54) is 141 Å². The summed E-state index contributed by atoms with van der Waals surface area (Å²) in [5, 5.41) is 136. The van der Waals surface area contributed by atoms with Gasteiger partial charge in [-0.15, -0.1) is 0 Å². The number of aliphatic hydroxyl groups excluding tert-OH is 11. The number of carbonyl (C=O) groups excluding carboxylic acids is 2. The number of aliphatic hydroxyl groups is 11. The van der Waals surface area contributed by atoms with Crippen molar-refractivity contribution in [1.29, 1.82) is 0 Å². The second-order valence-electron chi connectivity index (χ2n) is 24.3. The zero-order valence-electron chi connectivity index (χ0n) is 52.2. The van der Waals surface area contributed by atoms with Crippen LogP contribution in [0.5, 0.6) is 0 Å². The summed E-state index contributed by atoms with van der Waals surface area (Å²) in [4.78, 5) is 38.4. The lowest BCUT2D eigenvalue weighted by molar-refractivity contribution is -0.386.